The Bertz CT molecular complexity index is 957. The number of benzene rings is 2. The van der Waals surface area contributed by atoms with Crippen molar-refractivity contribution in [3.63, 3.8) is 0 Å². The van der Waals surface area contributed by atoms with Crippen LogP contribution in [-0.4, -0.2) is 56.3 Å². The maximum absolute atomic E-state index is 12.9. The lowest BCUT2D eigenvalue weighted by Gasteiger charge is -2.33. The molecule has 0 radical (unpaired) electrons. The van der Waals surface area contributed by atoms with E-state index in [-0.39, 0.29) is 30.4 Å². The molecule has 0 aliphatic carbocycles. The summed E-state index contributed by atoms with van der Waals surface area (Å²) in [5.41, 5.74) is -0.335. The summed E-state index contributed by atoms with van der Waals surface area (Å²) in [4.78, 5) is 13.5. The number of halogens is 3. The van der Waals surface area contributed by atoms with E-state index < -0.39 is 21.8 Å². The molecule has 1 saturated heterocycles. The molecule has 0 bridgehead atoms. The van der Waals surface area contributed by atoms with Crippen molar-refractivity contribution in [3.05, 3.63) is 60.2 Å². The van der Waals surface area contributed by atoms with Crippen LogP contribution in [0.2, 0.25) is 0 Å². The number of carbonyl (C=O) groups is 1. The summed E-state index contributed by atoms with van der Waals surface area (Å²) in [6.45, 7) is 0.904. The average molecular weight is 427 g/mol. The maximum Gasteiger partial charge on any atom is 0.416 e. The summed E-state index contributed by atoms with van der Waals surface area (Å²) in [5, 5.41) is 2.76. The molecule has 2 aromatic carbocycles. The van der Waals surface area contributed by atoms with Crippen LogP contribution in [0.1, 0.15) is 5.56 Å². The molecule has 2 aromatic rings. The minimum atomic E-state index is -4.61. The molecule has 6 nitrogen and oxygen atoms in total. The number of alkyl halides is 3. The van der Waals surface area contributed by atoms with Gasteiger partial charge in [-0.1, -0.05) is 24.3 Å². The van der Waals surface area contributed by atoms with Gasteiger partial charge >= 0.3 is 6.18 Å². The molecule has 0 spiro atoms. The van der Waals surface area contributed by atoms with Gasteiger partial charge in [0.1, 0.15) is 0 Å². The van der Waals surface area contributed by atoms with E-state index in [2.05, 4.69) is 5.32 Å². The van der Waals surface area contributed by atoms with Crippen molar-refractivity contribution < 1.29 is 26.4 Å². The highest BCUT2D eigenvalue weighted by molar-refractivity contribution is 7.89. The number of amides is 1. The molecule has 0 atom stereocenters. The fourth-order valence-corrected chi connectivity index (χ4v) is 4.50. The van der Waals surface area contributed by atoms with Gasteiger partial charge in [-0.05, 0) is 30.3 Å². The average Bonchev–Trinajstić information content (AvgIpc) is 2.68. The molecule has 1 aliphatic heterocycles. The third-order valence-corrected chi connectivity index (χ3v) is 6.45. The van der Waals surface area contributed by atoms with Crippen LogP contribution in [0.15, 0.2) is 59.5 Å². The normalized spacial score (nSPS) is 16.5. The topological polar surface area (TPSA) is 69.7 Å². The Hall–Kier alpha value is -2.43. The number of hydrogen-bond acceptors (Lipinski definition) is 4. The van der Waals surface area contributed by atoms with E-state index in [0.29, 0.717) is 24.8 Å². The Labute approximate surface area is 167 Å². The SMILES string of the molecule is O=C(CN1CCN(S(=O)(=O)c2cccc(C(F)(F)F)c2)CC1)Nc1ccccc1. The number of anilines is 1. The summed E-state index contributed by atoms with van der Waals surface area (Å²) < 4.78 is 65.2. The first kappa shape index (κ1) is 21.3. The Morgan fingerprint density at radius 3 is 2.24 bits per heavy atom. The molecular formula is C19H20F3N3O3S. The summed E-state index contributed by atoms with van der Waals surface area (Å²) in [6, 6.07) is 12.7. The largest absolute Gasteiger partial charge is 0.416 e. The Morgan fingerprint density at radius 2 is 1.62 bits per heavy atom. The van der Waals surface area contributed by atoms with E-state index in [1.54, 1.807) is 29.2 Å². The second kappa shape index (κ2) is 8.52. The molecule has 0 saturated carbocycles. The lowest BCUT2D eigenvalue weighted by Crippen LogP contribution is -2.50. The van der Waals surface area contributed by atoms with Crippen molar-refractivity contribution in [1.29, 1.82) is 0 Å². The Morgan fingerprint density at radius 1 is 0.966 bits per heavy atom. The van der Waals surface area contributed by atoms with Gasteiger partial charge in [0.05, 0.1) is 17.0 Å². The zero-order valence-electron chi connectivity index (χ0n) is 15.4. The van der Waals surface area contributed by atoms with Gasteiger partial charge in [0.25, 0.3) is 0 Å². The highest BCUT2D eigenvalue weighted by Gasteiger charge is 2.34. The van der Waals surface area contributed by atoms with Gasteiger partial charge < -0.3 is 5.32 Å². The van der Waals surface area contributed by atoms with Crippen LogP contribution in [0.5, 0.6) is 0 Å². The summed E-state index contributed by atoms with van der Waals surface area (Å²) in [7, 11) is -4.04. The van der Waals surface area contributed by atoms with Crippen molar-refractivity contribution in [2.75, 3.05) is 38.0 Å². The smallest absolute Gasteiger partial charge is 0.325 e. The van der Waals surface area contributed by atoms with Gasteiger partial charge in [0, 0.05) is 31.9 Å². The zero-order valence-corrected chi connectivity index (χ0v) is 16.2. The van der Waals surface area contributed by atoms with Gasteiger partial charge in [-0.25, -0.2) is 8.42 Å². The van der Waals surface area contributed by atoms with Crippen LogP contribution in [0.3, 0.4) is 0 Å². The van der Waals surface area contributed by atoms with Crippen molar-refractivity contribution in [1.82, 2.24) is 9.21 Å². The van der Waals surface area contributed by atoms with Crippen molar-refractivity contribution in [2.24, 2.45) is 0 Å². The molecule has 29 heavy (non-hydrogen) atoms. The van der Waals surface area contributed by atoms with Crippen molar-refractivity contribution in [2.45, 2.75) is 11.1 Å². The van der Waals surface area contributed by atoms with E-state index in [9.17, 15) is 26.4 Å². The predicted octanol–water partition coefficient (Wildman–Crippen LogP) is 2.65. The third-order valence-electron chi connectivity index (χ3n) is 4.56. The summed E-state index contributed by atoms with van der Waals surface area (Å²) in [5.74, 6) is -0.217. The second-order valence-corrected chi connectivity index (χ2v) is 8.56. The number of para-hydroxylation sites is 1. The monoisotopic (exact) mass is 427 g/mol. The van der Waals surface area contributed by atoms with E-state index in [4.69, 9.17) is 0 Å². The Balaban J connectivity index is 1.59. The number of piperazine rings is 1. The van der Waals surface area contributed by atoms with E-state index in [0.717, 1.165) is 22.5 Å². The van der Waals surface area contributed by atoms with Gasteiger partial charge in [0.2, 0.25) is 15.9 Å². The van der Waals surface area contributed by atoms with E-state index in [1.807, 2.05) is 6.07 Å². The molecule has 1 fully saturated rings. The lowest BCUT2D eigenvalue weighted by molar-refractivity contribution is -0.137. The third kappa shape index (κ3) is 5.34. The second-order valence-electron chi connectivity index (χ2n) is 6.62. The van der Waals surface area contributed by atoms with Crippen LogP contribution >= 0.6 is 0 Å². The fourth-order valence-electron chi connectivity index (χ4n) is 3.04. The minimum Gasteiger partial charge on any atom is -0.325 e. The lowest BCUT2D eigenvalue weighted by atomic mass is 10.2. The standard InChI is InChI=1S/C19H20F3N3O3S/c20-19(21,22)15-5-4-8-17(13-15)29(27,28)25-11-9-24(10-12-25)14-18(26)23-16-6-2-1-3-7-16/h1-8,13H,9-12,14H2,(H,23,26). The number of rotatable bonds is 5. The van der Waals surface area contributed by atoms with Crippen LogP contribution in [0.25, 0.3) is 0 Å². The van der Waals surface area contributed by atoms with Gasteiger partial charge in [0.15, 0.2) is 0 Å². The summed E-state index contributed by atoms with van der Waals surface area (Å²) >= 11 is 0. The molecule has 1 N–H and O–H groups in total. The number of carbonyl (C=O) groups excluding carboxylic acids is 1. The number of nitrogens with zero attached hydrogens (tertiary/aromatic N) is 2. The molecule has 156 valence electrons. The number of nitrogens with one attached hydrogen (secondary N) is 1. The van der Waals surface area contributed by atoms with E-state index >= 15 is 0 Å². The first-order valence-electron chi connectivity index (χ1n) is 8.91. The maximum atomic E-state index is 12.9. The number of sulfonamides is 1. The molecule has 3 rings (SSSR count). The number of hydrogen-bond donors (Lipinski definition) is 1. The van der Waals surface area contributed by atoms with Gasteiger partial charge in [-0.2, -0.15) is 17.5 Å². The quantitative estimate of drug-likeness (QED) is 0.797. The predicted molar refractivity (Wildman–Crippen MR) is 102 cm³/mol. The van der Waals surface area contributed by atoms with Crippen LogP contribution in [0.4, 0.5) is 18.9 Å². The van der Waals surface area contributed by atoms with Crippen molar-refractivity contribution >= 4 is 21.6 Å². The van der Waals surface area contributed by atoms with Crippen LogP contribution < -0.4 is 5.32 Å². The van der Waals surface area contributed by atoms with Gasteiger partial charge in [-0.3, -0.25) is 9.69 Å². The molecular weight excluding hydrogens is 407 g/mol. The van der Waals surface area contributed by atoms with Crippen LogP contribution in [0, 0.1) is 0 Å². The molecule has 0 unspecified atom stereocenters. The molecule has 0 aromatic heterocycles. The van der Waals surface area contributed by atoms with Gasteiger partial charge in [-0.15, -0.1) is 0 Å². The minimum absolute atomic E-state index is 0.0944. The van der Waals surface area contributed by atoms with Crippen molar-refractivity contribution in [3.8, 4) is 0 Å². The molecule has 1 amide bonds. The van der Waals surface area contributed by atoms with E-state index in [1.165, 1.54) is 0 Å². The fraction of sp³-hybridized carbons (Fsp3) is 0.316. The first-order valence-corrected chi connectivity index (χ1v) is 10.3. The summed E-state index contributed by atoms with van der Waals surface area (Å²) in [6.07, 6.45) is -4.61. The zero-order chi connectivity index (χ0) is 21.1. The van der Waals surface area contributed by atoms with Crippen LogP contribution in [-0.2, 0) is 21.0 Å². The highest BCUT2D eigenvalue weighted by atomic mass is 32.2. The molecule has 10 heteroatoms. The highest BCUT2D eigenvalue weighted by Crippen LogP contribution is 2.31. The first-order chi connectivity index (χ1) is 13.7. The molecule has 1 aliphatic rings. The Kier molecular flexibility index (Phi) is 6.25. The molecule has 1 heterocycles.